The predicted molar refractivity (Wildman–Crippen MR) is 72.2 cm³/mol. The first-order valence-corrected chi connectivity index (χ1v) is 6.58. The van der Waals surface area contributed by atoms with Crippen LogP contribution in [0.25, 0.3) is 0 Å². The summed E-state index contributed by atoms with van der Waals surface area (Å²) < 4.78 is 0. The number of rotatable bonds is 4. The summed E-state index contributed by atoms with van der Waals surface area (Å²) in [6.07, 6.45) is 2.09. The Hall–Kier alpha value is -1.35. The quantitative estimate of drug-likeness (QED) is 0.784. The highest BCUT2D eigenvalue weighted by Crippen LogP contribution is 2.36. The zero-order valence-corrected chi connectivity index (χ0v) is 11.3. The molecule has 1 atom stereocenters. The molecular weight excluding hydrogens is 250 g/mol. The van der Waals surface area contributed by atoms with Gasteiger partial charge in [0.05, 0.1) is 16.3 Å². The van der Waals surface area contributed by atoms with Crippen molar-refractivity contribution >= 4 is 29.0 Å². The van der Waals surface area contributed by atoms with Crippen molar-refractivity contribution in [3.63, 3.8) is 0 Å². The largest absolute Gasteiger partial charge is 0.303 e. The molecule has 1 unspecified atom stereocenters. The molecule has 3 nitrogen and oxygen atoms in total. The molecule has 0 aromatic heterocycles. The van der Waals surface area contributed by atoms with E-state index in [1.807, 2.05) is 0 Å². The smallest absolute Gasteiger partial charge is 0.299 e. The number of amides is 1. The molecule has 4 heteroatoms. The number of carbonyl (C=O) groups is 2. The number of para-hydroxylation sites is 1. The van der Waals surface area contributed by atoms with E-state index < -0.39 is 11.7 Å². The first kappa shape index (κ1) is 13.1. The van der Waals surface area contributed by atoms with Crippen LogP contribution in [0, 0.1) is 5.92 Å². The highest BCUT2D eigenvalue weighted by Gasteiger charge is 2.37. The van der Waals surface area contributed by atoms with Gasteiger partial charge in [0.2, 0.25) is 0 Å². The van der Waals surface area contributed by atoms with Crippen molar-refractivity contribution < 1.29 is 9.59 Å². The average molecular weight is 266 g/mol. The van der Waals surface area contributed by atoms with Crippen LogP contribution < -0.4 is 4.90 Å². The summed E-state index contributed by atoms with van der Waals surface area (Å²) in [4.78, 5) is 25.3. The number of anilines is 1. The summed E-state index contributed by atoms with van der Waals surface area (Å²) in [7, 11) is 0. The van der Waals surface area contributed by atoms with E-state index in [-0.39, 0.29) is 0 Å². The molecule has 0 saturated heterocycles. The minimum absolute atomic E-state index is 0.356. The van der Waals surface area contributed by atoms with Crippen molar-refractivity contribution in [3.05, 3.63) is 28.8 Å². The van der Waals surface area contributed by atoms with E-state index in [0.29, 0.717) is 28.7 Å². The molecule has 1 amide bonds. The van der Waals surface area contributed by atoms with Crippen molar-refractivity contribution in [2.24, 2.45) is 5.92 Å². The molecule has 1 aromatic rings. The molecule has 1 heterocycles. The fourth-order valence-electron chi connectivity index (χ4n) is 2.38. The highest BCUT2D eigenvalue weighted by atomic mass is 35.5. The topological polar surface area (TPSA) is 37.4 Å². The van der Waals surface area contributed by atoms with E-state index in [9.17, 15) is 9.59 Å². The van der Waals surface area contributed by atoms with Gasteiger partial charge in [-0.05, 0) is 24.5 Å². The number of carbonyl (C=O) groups excluding carboxylic acids is 2. The minimum Gasteiger partial charge on any atom is -0.303 e. The summed E-state index contributed by atoms with van der Waals surface area (Å²) in [5, 5.41) is 0.468. The number of halogens is 1. The molecule has 0 spiro atoms. The third-order valence-electron chi connectivity index (χ3n) is 3.22. The third kappa shape index (κ3) is 2.15. The van der Waals surface area contributed by atoms with Gasteiger partial charge in [0, 0.05) is 6.54 Å². The zero-order valence-electron chi connectivity index (χ0n) is 10.6. The number of Topliss-reactive ketones (excluding diaryl/α,β-unsaturated/α-hetero) is 1. The van der Waals surface area contributed by atoms with Crippen molar-refractivity contribution in [1.82, 2.24) is 0 Å². The van der Waals surface area contributed by atoms with Gasteiger partial charge in [-0.3, -0.25) is 9.59 Å². The molecule has 0 N–H and O–H groups in total. The van der Waals surface area contributed by atoms with Gasteiger partial charge in [-0.25, -0.2) is 0 Å². The van der Waals surface area contributed by atoms with Crippen LogP contribution in [0.1, 0.15) is 37.0 Å². The minimum atomic E-state index is -0.457. The number of hydrogen-bond acceptors (Lipinski definition) is 2. The molecule has 1 aliphatic rings. The Morgan fingerprint density at radius 1 is 1.33 bits per heavy atom. The van der Waals surface area contributed by atoms with E-state index in [4.69, 9.17) is 11.6 Å². The van der Waals surface area contributed by atoms with Gasteiger partial charge >= 0.3 is 0 Å². The van der Waals surface area contributed by atoms with Crippen molar-refractivity contribution in [1.29, 1.82) is 0 Å². The lowest BCUT2D eigenvalue weighted by molar-refractivity contribution is -0.114. The maximum atomic E-state index is 12.0. The second-order valence-corrected chi connectivity index (χ2v) is 5.18. The molecule has 0 aliphatic carbocycles. The monoisotopic (exact) mass is 265 g/mol. The number of nitrogens with zero attached hydrogens (tertiary/aromatic N) is 1. The van der Waals surface area contributed by atoms with Crippen LogP contribution in [0.4, 0.5) is 5.69 Å². The van der Waals surface area contributed by atoms with Crippen molar-refractivity contribution in [3.8, 4) is 0 Å². The fourth-order valence-corrected chi connectivity index (χ4v) is 2.66. The van der Waals surface area contributed by atoms with Crippen LogP contribution in [-0.4, -0.2) is 18.2 Å². The van der Waals surface area contributed by atoms with Crippen LogP contribution in [0.5, 0.6) is 0 Å². The molecule has 0 fully saturated rings. The maximum absolute atomic E-state index is 12.0. The van der Waals surface area contributed by atoms with E-state index in [1.54, 1.807) is 18.2 Å². The standard InChI is InChI=1S/C14H16ClNO2/c1-3-5-9(2)8-16-12-10(13(17)14(16)18)6-4-7-11(12)15/h4,6-7,9H,3,5,8H2,1-2H3. The average Bonchev–Trinajstić information content (AvgIpc) is 2.56. The highest BCUT2D eigenvalue weighted by molar-refractivity contribution is 6.54. The van der Waals surface area contributed by atoms with Crippen LogP contribution >= 0.6 is 11.6 Å². The Balaban J connectivity index is 2.33. The Labute approximate surface area is 112 Å². The number of fused-ring (bicyclic) bond motifs is 1. The second-order valence-electron chi connectivity index (χ2n) is 4.77. The Bertz CT molecular complexity index is 499. The first-order chi connectivity index (χ1) is 8.56. The predicted octanol–water partition coefficient (Wildman–Crippen LogP) is 3.31. The molecule has 0 radical (unpaired) electrons. The Morgan fingerprint density at radius 3 is 2.72 bits per heavy atom. The molecule has 1 aromatic carbocycles. The van der Waals surface area contributed by atoms with E-state index in [1.165, 1.54) is 4.90 Å². The molecule has 2 rings (SSSR count). The fraction of sp³-hybridized carbons (Fsp3) is 0.429. The molecule has 0 saturated carbocycles. The maximum Gasteiger partial charge on any atom is 0.299 e. The van der Waals surface area contributed by atoms with Gasteiger partial charge in [-0.15, -0.1) is 0 Å². The van der Waals surface area contributed by atoms with Crippen LogP contribution in [0.2, 0.25) is 5.02 Å². The van der Waals surface area contributed by atoms with Crippen LogP contribution in [0.3, 0.4) is 0 Å². The SMILES string of the molecule is CCCC(C)CN1C(=O)C(=O)c2cccc(Cl)c21. The Morgan fingerprint density at radius 2 is 2.06 bits per heavy atom. The number of ketones is 1. The molecule has 1 aliphatic heterocycles. The lowest BCUT2D eigenvalue weighted by Gasteiger charge is -2.21. The van der Waals surface area contributed by atoms with Crippen molar-refractivity contribution in [2.45, 2.75) is 26.7 Å². The van der Waals surface area contributed by atoms with Gasteiger partial charge in [-0.2, -0.15) is 0 Å². The zero-order chi connectivity index (χ0) is 13.3. The van der Waals surface area contributed by atoms with Crippen LogP contribution in [-0.2, 0) is 4.79 Å². The van der Waals surface area contributed by atoms with E-state index >= 15 is 0 Å². The lowest BCUT2D eigenvalue weighted by atomic mass is 10.1. The number of benzene rings is 1. The van der Waals surface area contributed by atoms with Crippen molar-refractivity contribution in [2.75, 3.05) is 11.4 Å². The van der Waals surface area contributed by atoms with Gasteiger partial charge < -0.3 is 4.90 Å². The lowest BCUT2D eigenvalue weighted by Crippen LogP contribution is -2.33. The number of hydrogen-bond donors (Lipinski definition) is 0. The van der Waals surface area contributed by atoms with E-state index in [0.717, 1.165) is 12.8 Å². The van der Waals surface area contributed by atoms with Crippen LogP contribution in [0.15, 0.2) is 18.2 Å². The van der Waals surface area contributed by atoms with Gasteiger partial charge in [0.25, 0.3) is 11.7 Å². The van der Waals surface area contributed by atoms with Gasteiger partial charge in [0.1, 0.15) is 0 Å². The second kappa shape index (κ2) is 5.11. The molecule has 18 heavy (non-hydrogen) atoms. The molecule has 96 valence electrons. The Kier molecular flexibility index (Phi) is 3.71. The summed E-state index contributed by atoms with van der Waals surface area (Å²) in [5.41, 5.74) is 1.01. The third-order valence-corrected chi connectivity index (χ3v) is 3.52. The normalized spacial score (nSPS) is 16.1. The summed E-state index contributed by atoms with van der Waals surface area (Å²) in [6, 6.07) is 5.07. The van der Waals surface area contributed by atoms with Gasteiger partial charge in [-0.1, -0.05) is 37.9 Å². The van der Waals surface area contributed by atoms with Gasteiger partial charge in [0.15, 0.2) is 0 Å². The van der Waals surface area contributed by atoms with E-state index in [2.05, 4.69) is 13.8 Å². The summed E-state index contributed by atoms with van der Waals surface area (Å²) in [6.45, 7) is 4.74. The summed E-state index contributed by atoms with van der Waals surface area (Å²) >= 11 is 6.11. The summed E-state index contributed by atoms with van der Waals surface area (Å²) in [5.74, 6) is -0.550. The first-order valence-electron chi connectivity index (χ1n) is 6.21. The molecule has 0 bridgehead atoms. The molecular formula is C14H16ClNO2.